The van der Waals surface area contributed by atoms with Crippen LogP contribution in [0.4, 0.5) is 0 Å². The number of hydrogen-bond acceptors (Lipinski definition) is 7. The van der Waals surface area contributed by atoms with E-state index in [1.807, 2.05) is 38.1 Å². The SMILES string of the molecule is CC(C)CC(NC(=O)C(Cc1ccc(O)cc1)NC(=O)C(Cc1c[nH]c2ccccc12)NC(=O)C(N)CC(=O)O)C(=O)O. The fraction of sp³-hybridized carbons (Fsp3) is 0.367. The zero-order valence-electron chi connectivity index (χ0n) is 23.9. The molecule has 4 unspecified atom stereocenters. The number of carboxylic acid groups (broad SMARTS) is 2. The molecule has 4 atom stereocenters. The number of amides is 3. The number of phenolic OH excluding ortho intramolecular Hbond substituents is 1. The number of carbonyl (C=O) groups is 5. The number of aromatic nitrogens is 1. The highest BCUT2D eigenvalue weighted by atomic mass is 16.4. The van der Waals surface area contributed by atoms with Gasteiger partial charge in [0.25, 0.3) is 0 Å². The molecule has 3 aromatic rings. The Balaban J connectivity index is 1.91. The average molecular weight is 596 g/mol. The molecule has 0 saturated heterocycles. The number of nitrogens with two attached hydrogens (primary N) is 1. The number of carboxylic acids is 2. The Labute approximate surface area is 247 Å². The summed E-state index contributed by atoms with van der Waals surface area (Å²) in [6.07, 6.45) is 1.09. The third-order valence-corrected chi connectivity index (χ3v) is 6.79. The van der Waals surface area contributed by atoms with Crippen molar-refractivity contribution in [1.29, 1.82) is 0 Å². The average Bonchev–Trinajstić information content (AvgIpc) is 3.35. The van der Waals surface area contributed by atoms with Gasteiger partial charge in [0.15, 0.2) is 0 Å². The summed E-state index contributed by atoms with van der Waals surface area (Å²) in [6.45, 7) is 3.62. The molecule has 0 bridgehead atoms. The lowest BCUT2D eigenvalue weighted by Crippen LogP contribution is -2.58. The molecule has 13 heteroatoms. The molecule has 2 aromatic carbocycles. The van der Waals surface area contributed by atoms with Gasteiger partial charge in [0.05, 0.1) is 12.5 Å². The van der Waals surface area contributed by atoms with Crippen LogP contribution in [0.25, 0.3) is 10.9 Å². The smallest absolute Gasteiger partial charge is 0.326 e. The van der Waals surface area contributed by atoms with Gasteiger partial charge in [0.1, 0.15) is 23.9 Å². The van der Waals surface area contributed by atoms with Crippen molar-refractivity contribution >= 4 is 40.6 Å². The molecule has 43 heavy (non-hydrogen) atoms. The molecule has 9 N–H and O–H groups in total. The number of para-hydroxylation sites is 1. The van der Waals surface area contributed by atoms with E-state index in [-0.39, 0.29) is 30.9 Å². The highest BCUT2D eigenvalue weighted by molar-refractivity contribution is 5.95. The van der Waals surface area contributed by atoms with E-state index in [2.05, 4.69) is 20.9 Å². The second-order valence-corrected chi connectivity index (χ2v) is 10.8. The molecule has 0 aliphatic heterocycles. The normalized spacial score (nSPS) is 14.0. The number of H-pyrrole nitrogens is 1. The van der Waals surface area contributed by atoms with Crippen LogP contribution in [-0.2, 0) is 36.8 Å². The van der Waals surface area contributed by atoms with Crippen molar-refractivity contribution < 1.29 is 39.3 Å². The van der Waals surface area contributed by atoms with Crippen molar-refractivity contribution in [3.63, 3.8) is 0 Å². The van der Waals surface area contributed by atoms with E-state index in [0.717, 1.165) is 10.9 Å². The van der Waals surface area contributed by atoms with E-state index in [1.54, 1.807) is 18.3 Å². The molecule has 3 amide bonds. The van der Waals surface area contributed by atoms with Crippen LogP contribution in [0.3, 0.4) is 0 Å². The third kappa shape index (κ3) is 9.57. The highest BCUT2D eigenvalue weighted by Gasteiger charge is 2.31. The van der Waals surface area contributed by atoms with E-state index in [0.29, 0.717) is 11.1 Å². The van der Waals surface area contributed by atoms with Gasteiger partial charge >= 0.3 is 11.9 Å². The van der Waals surface area contributed by atoms with Crippen LogP contribution >= 0.6 is 0 Å². The van der Waals surface area contributed by atoms with Crippen LogP contribution in [0.1, 0.15) is 37.8 Å². The summed E-state index contributed by atoms with van der Waals surface area (Å²) in [5.74, 6) is -4.96. The number of nitrogens with one attached hydrogen (secondary N) is 4. The number of benzene rings is 2. The maximum Gasteiger partial charge on any atom is 0.326 e. The lowest BCUT2D eigenvalue weighted by molar-refractivity contribution is -0.142. The first kappa shape index (κ1) is 32.6. The van der Waals surface area contributed by atoms with E-state index < -0.39 is 60.2 Å². The molecule has 230 valence electrons. The summed E-state index contributed by atoms with van der Waals surface area (Å²) in [5, 5.41) is 36.8. The van der Waals surface area contributed by atoms with Gasteiger partial charge in [-0.3, -0.25) is 19.2 Å². The van der Waals surface area contributed by atoms with E-state index in [1.165, 1.54) is 12.1 Å². The molecule has 1 heterocycles. The molecule has 0 saturated carbocycles. The summed E-state index contributed by atoms with van der Waals surface area (Å²) in [7, 11) is 0. The van der Waals surface area contributed by atoms with Crippen molar-refractivity contribution in [3.8, 4) is 5.75 Å². The predicted octanol–water partition coefficient (Wildman–Crippen LogP) is 1.05. The summed E-state index contributed by atoms with van der Waals surface area (Å²) in [4.78, 5) is 65.9. The number of aliphatic carboxylic acids is 2. The van der Waals surface area contributed by atoms with Crippen molar-refractivity contribution in [2.24, 2.45) is 11.7 Å². The standard InChI is InChI=1S/C30H37N5O8/c1-16(2)11-25(30(42)43)35-28(40)23(12-17-7-9-19(36)10-8-17)34-29(41)24(33-27(39)21(31)14-26(37)38)13-18-15-32-22-6-4-3-5-20(18)22/h3-10,15-16,21,23-25,32,36H,11-14,31H2,1-2H3,(H,33,39)(H,34,41)(H,35,40)(H,37,38)(H,42,43). The van der Waals surface area contributed by atoms with Crippen molar-refractivity contribution in [2.45, 2.75) is 63.7 Å². The van der Waals surface area contributed by atoms with Crippen LogP contribution in [0.5, 0.6) is 5.75 Å². The minimum atomic E-state index is -1.43. The second kappa shape index (κ2) is 14.8. The van der Waals surface area contributed by atoms with Gasteiger partial charge in [0, 0.05) is 29.9 Å². The van der Waals surface area contributed by atoms with Crippen molar-refractivity contribution in [2.75, 3.05) is 0 Å². The summed E-state index contributed by atoms with van der Waals surface area (Å²) >= 11 is 0. The lowest BCUT2D eigenvalue weighted by Gasteiger charge is -2.25. The van der Waals surface area contributed by atoms with Gasteiger partial charge in [-0.2, -0.15) is 0 Å². The molecule has 13 nitrogen and oxygen atoms in total. The number of hydrogen-bond donors (Lipinski definition) is 8. The quantitative estimate of drug-likeness (QED) is 0.125. The zero-order chi connectivity index (χ0) is 31.7. The molecule has 0 fully saturated rings. The first-order valence-corrected chi connectivity index (χ1v) is 13.8. The monoisotopic (exact) mass is 595 g/mol. The van der Waals surface area contributed by atoms with Crippen molar-refractivity contribution in [3.05, 3.63) is 65.9 Å². The number of phenols is 1. The number of fused-ring (bicyclic) bond motifs is 1. The van der Waals surface area contributed by atoms with Gasteiger partial charge in [-0.25, -0.2) is 4.79 Å². The predicted molar refractivity (Wildman–Crippen MR) is 157 cm³/mol. The minimum absolute atomic E-state index is 0.00383. The Kier molecular flexibility index (Phi) is 11.2. The van der Waals surface area contributed by atoms with Crippen molar-refractivity contribution in [1.82, 2.24) is 20.9 Å². The summed E-state index contributed by atoms with van der Waals surface area (Å²) in [5.41, 5.74) is 7.77. The maximum absolute atomic E-state index is 13.7. The number of rotatable bonds is 15. The third-order valence-electron chi connectivity index (χ3n) is 6.79. The first-order valence-electron chi connectivity index (χ1n) is 13.8. The molecular formula is C30H37N5O8. The molecule has 0 radical (unpaired) electrons. The van der Waals surface area contributed by atoms with E-state index >= 15 is 0 Å². The Morgan fingerprint density at radius 2 is 1.40 bits per heavy atom. The Morgan fingerprint density at radius 3 is 2.00 bits per heavy atom. The fourth-order valence-electron chi connectivity index (χ4n) is 4.60. The van der Waals surface area contributed by atoms with Crippen LogP contribution in [-0.4, -0.2) is 74.1 Å². The topological polar surface area (TPSA) is 224 Å². The first-order chi connectivity index (χ1) is 20.3. The minimum Gasteiger partial charge on any atom is -0.508 e. The van der Waals surface area contributed by atoms with Crippen LogP contribution in [0.15, 0.2) is 54.7 Å². The van der Waals surface area contributed by atoms with Gasteiger partial charge < -0.3 is 42.0 Å². The second-order valence-electron chi connectivity index (χ2n) is 10.8. The molecule has 1 aromatic heterocycles. The van der Waals surface area contributed by atoms with Gasteiger partial charge in [-0.1, -0.05) is 44.2 Å². The number of carbonyl (C=O) groups excluding carboxylic acids is 3. The zero-order valence-corrected chi connectivity index (χ0v) is 23.9. The largest absolute Gasteiger partial charge is 0.508 e. The highest BCUT2D eigenvalue weighted by Crippen LogP contribution is 2.20. The molecule has 0 spiro atoms. The number of aromatic hydroxyl groups is 1. The van der Waals surface area contributed by atoms with Crippen LogP contribution < -0.4 is 21.7 Å². The van der Waals surface area contributed by atoms with Gasteiger partial charge in [0.2, 0.25) is 17.7 Å². The lowest BCUT2D eigenvalue weighted by atomic mass is 10.00. The van der Waals surface area contributed by atoms with Gasteiger partial charge in [-0.15, -0.1) is 0 Å². The molecule has 0 aliphatic rings. The Bertz CT molecular complexity index is 1450. The van der Waals surface area contributed by atoms with Gasteiger partial charge in [-0.05, 0) is 41.7 Å². The van der Waals surface area contributed by atoms with E-state index in [9.17, 15) is 34.2 Å². The Hall–Kier alpha value is -4.91. The molecule has 3 rings (SSSR count). The summed E-state index contributed by atoms with van der Waals surface area (Å²) in [6, 6.07) is 8.07. The number of aromatic amines is 1. The van der Waals surface area contributed by atoms with Crippen LogP contribution in [0, 0.1) is 5.92 Å². The maximum atomic E-state index is 13.7. The molecule has 0 aliphatic carbocycles. The summed E-state index contributed by atoms with van der Waals surface area (Å²) < 4.78 is 0. The fourth-order valence-corrected chi connectivity index (χ4v) is 4.60. The molecular weight excluding hydrogens is 558 g/mol. The Morgan fingerprint density at radius 1 is 0.814 bits per heavy atom. The van der Waals surface area contributed by atoms with E-state index in [4.69, 9.17) is 10.8 Å². The van der Waals surface area contributed by atoms with Crippen LogP contribution in [0.2, 0.25) is 0 Å².